The van der Waals surface area contributed by atoms with Gasteiger partial charge in [-0.3, -0.25) is 4.79 Å². The Balaban J connectivity index is 1.57. The number of aryl methyl sites for hydroxylation is 1. The Bertz CT molecular complexity index is 655. The van der Waals surface area contributed by atoms with Gasteiger partial charge in [0.05, 0.1) is 26.2 Å². The summed E-state index contributed by atoms with van der Waals surface area (Å²) in [6, 6.07) is 15.2. The number of rotatable bonds is 10. The minimum absolute atomic E-state index is 0.0528. The van der Waals surface area contributed by atoms with E-state index in [9.17, 15) is 4.79 Å². The summed E-state index contributed by atoms with van der Waals surface area (Å²) in [6.07, 6.45) is 0.316. The largest absolute Gasteiger partial charge is 0.494 e. The molecular formula is C20H25NO4. The van der Waals surface area contributed by atoms with Gasteiger partial charge in [0.15, 0.2) is 0 Å². The van der Waals surface area contributed by atoms with E-state index < -0.39 is 0 Å². The van der Waals surface area contributed by atoms with Crippen molar-refractivity contribution in [3.8, 4) is 17.2 Å². The molecule has 0 spiro atoms. The lowest BCUT2D eigenvalue weighted by atomic mass is 10.2. The summed E-state index contributed by atoms with van der Waals surface area (Å²) in [5, 5.41) is 2.81. The number of hydrogen-bond donors (Lipinski definition) is 1. The zero-order chi connectivity index (χ0) is 17.9. The van der Waals surface area contributed by atoms with E-state index in [4.69, 9.17) is 14.2 Å². The number of amides is 1. The van der Waals surface area contributed by atoms with Crippen LogP contribution in [0.1, 0.15) is 18.9 Å². The van der Waals surface area contributed by atoms with Gasteiger partial charge in [0, 0.05) is 0 Å². The maximum atomic E-state index is 11.8. The van der Waals surface area contributed by atoms with Crippen molar-refractivity contribution in [2.45, 2.75) is 20.3 Å². The Labute approximate surface area is 148 Å². The highest BCUT2D eigenvalue weighted by Gasteiger charge is 2.02. The molecule has 0 saturated heterocycles. The topological polar surface area (TPSA) is 56.8 Å². The molecule has 0 bridgehead atoms. The molecule has 0 aliphatic heterocycles. The molecule has 0 aliphatic carbocycles. The smallest absolute Gasteiger partial charge is 0.223 e. The Hall–Kier alpha value is -2.69. The molecule has 2 aromatic rings. The lowest BCUT2D eigenvalue weighted by Gasteiger charge is -2.09. The van der Waals surface area contributed by atoms with Crippen LogP contribution in [-0.4, -0.2) is 32.3 Å². The van der Waals surface area contributed by atoms with Crippen LogP contribution in [0.4, 0.5) is 0 Å². The molecule has 0 atom stereocenters. The highest BCUT2D eigenvalue weighted by molar-refractivity contribution is 5.75. The maximum Gasteiger partial charge on any atom is 0.223 e. The van der Waals surface area contributed by atoms with Crippen molar-refractivity contribution in [3.05, 3.63) is 54.1 Å². The average Bonchev–Trinajstić information content (AvgIpc) is 2.60. The maximum absolute atomic E-state index is 11.8. The van der Waals surface area contributed by atoms with Gasteiger partial charge in [0.1, 0.15) is 23.9 Å². The first-order valence-corrected chi connectivity index (χ1v) is 8.49. The second kappa shape index (κ2) is 10.2. The van der Waals surface area contributed by atoms with Crippen LogP contribution in [0, 0.1) is 6.92 Å². The summed E-state index contributed by atoms with van der Waals surface area (Å²) < 4.78 is 16.5. The second-order valence-electron chi connectivity index (χ2n) is 5.52. The molecule has 5 nitrogen and oxygen atoms in total. The molecule has 0 saturated carbocycles. The standard InChI is InChI=1S/C20H25NO4/c1-3-23-17-7-9-18(10-8-17)25-14-12-21-20(22)11-13-24-19-6-4-5-16(2)15-19/h4-10,15H,3,11-14H2,1-2H3,(H,21,22). The number of carbonyl (C=O) groups is 1. The van der Waals surface area contributed by atoms with Gasteiger partial charge >= 0.3 is 0 Å². The van der Waals surface area contributed by atoms with E-state index in [2.05, 4.69) is 5.32 Å². The van der Waals surface area contributed by atoms with Gasteiger partial charge in [-0.15, -0.1) is 0 Å². The van der Waals surface area contributed by atoms with Crippen molar-refractivity contribution < 1.29 is 19.0 Å². The van der Waals surface area contributed by atoms with E-state index in [1.807, 2.05) is 62.4 Å². The van der Waals surface area contributed by atoms with Crippen LogP contribution in [0.5, 0.6) is 17.2 Å². The summed E-state index contributed by atoms with van der Waals surface area (Å²) >= 11 is 0. The molecular weight excluding hydrogens is 318 g/mol. The Morgan fingerprint density at radius 2 is 1.60 bits per heavy atom. The molecule has 2 aromatic carbocycles. The molecule has 1 amide bonds. The van der Waals surface area contributed by atoms with Crippen LogP contribution in [-0.2, 0) is 4.79 Å². The summed E-state index contributed by atoms with van der Waals surface area (Å²) in [6.45, 7) is 5.81. The molecule has 0 fully saturated rings. The van der Waals surface area contributed by atoms with Gasteiger partial charge < -0.3 is 19.5 Å². The predicted octanol–water partition coefficient (Wildman–Crippen LogP) is 3.36. The molecule has 0 unspecified atom stereocenters. The third kappa shape index (κ3) is 7.16. The van der Waals surface area contributed by atoms with Crippen molar-refractivity contribution in [2.24, 2.45) is 0 Å². The van der Waals surface area contributed by atoms with E-state index in [1.54, 1.807) is 0 Å². The van der Waals surface area contributed by atoms with Gasteiger partial charge in [0.25, 0.3) is 0 Å². The Kier molecular flexibility index (Phi) is 7.63. The highest BCUT2D eigenvalue weighted by atomic mass is 16.5. The lowest BCUT2D eigenvalue weighted by molar-refractivity contribution is -0.121. The molecule has 5 heteroatoms. The van der Waals surface area contributed by atoms with Gasteiger partial charge in [-0.25, -0.2) is 0 Å². The molecule has 0 aliphatic rings. The lowest BCUT2D eigenvalue weighted by Crippen LogP contribution is -2.29. The van der Waals surface area contributed by atoms with Gasteiger partial charge in [0.2, 0.25) is 5.91 Å². The molecule has 2 rings (SSSR count). The van der Waals surface area contributed by atoms with Gasteiger partial charge in [-0.05, 0) is 55.8 Å². The first-order valence-electron chi connectivity index (χ1n) is 8.49. The van der Waals surface area contributed by atoms with E-state index in [0.717, 1.165) is 22.8 Å². The third-order valence-electron chi connectivity index (χ3n) is 3.42. The predicted molar refractivity (Wildman–Crippen MR) is 97.4 cm³/mol. The molecule has 0 aromatic heterocycles. The zero-order valence-electron chi connectivity index (χ0n) is 14.8. The minimum atomic E-state index is -0.0528. The first kappa shape index (κ1) is 18.6. The Morgan fingerprint density at radius 1 is 0.920 bits per heavy atom. The van der Waals surface area contributed by atoms with Crippen LogP contribution in [0.15, 0.2) is 48.5 Å². The van der Waals surface area contributed by atoms with Crippen LogP contribution < -0.4 is 19.5 Å². The fourth-order valence-corrected chi connectivity index (χ4v) is 2.21. The number of benzene rings is 2. The number of ether oxygens (including phenoxy) is 3. The van der Waals surface area contributed by atoms with Crippen molar-refractivity contribution >= 4 is 5.91 Å². The van der Waals surface area contributed by atoms with Crippen molar-refractivity contribution in [2.75, 3.05) is 26.4 Å². The van der Waals surface area contributed by atoms with Crippen molar-refractivity contribution in [1.29, 1.82) is 0 Å². The molecule has 134 valence electrons. The minimum Gasteiger partial charge on any atom is -0.494 e. The summed E-state index contributed by atoms with van der Waals surface area (Å²) in [7, 11) is 0. The average molecular weight is 343 g/mol. The summed E-state index contributed by atoms with van der Waals surface area (Å²) in [5.41, 5.74) is 1.13. The van der Waals surface area contributed by atoms with Crippen LogP contribution >= 0.6 is 0 Å². The molecule has 1 N–H and O–H groups in total. The molecule has 0 heterocycles. The van der Waals surface area contributed by atoms with Crippen LogP contribution in [0.2, 0.25) is 0 Å². The van der Waals surface area contributed by atoms with Crippen LogP contribution in [0.3, 0.4) is 0 Å². The molecule has 0 radical (unpaired) electrons. The normalized spacial score (nSPS) is 10.2. The van der Waals surface area contributed by atoms with E-state index >= 15 is 0 Å². The summed E-state index contributed by atoms with van der Waals surface area (Å²) in [4.78, 5) is 11.8. The van der Waals surface area contributed by atoms with E-state index in [1.165, 1.54) is 0 Å². The van der Waals surface area contributed by atoms with E-state index in [-0.39, 0.29) is 5.91 Å². The quantitative estimate of drug-likeness (QED) is 0.672. The number of carbonyl (C=O) groups excluding carboxylic acids is 1. The highest BCUT2D eigenvalue weighted by Crippen LogP contribution is 2.17. The monoisotopic (exact) mass is 343 g/mol. The van der Waals surface area contributed by atoms with Crippen molar-refractivity contribution in [1.82, 2.24) is 5.32 Å². The SMILES string of the molecule is CCOc1ccc(OCCNC(=O)CCOc2cccc(C)c2)cc1. The van der Waals surface area contributed by atoms with Gasteiger partial charge in [-0.1, -0.05) is 12.1 Å². The van der Waals surface area contributed by atoms with Crippen LogP contribution in [0.25, 0.3) is 0 Å². The zero-order valence-corrected chi connectivity index (χ0v) is 14.8. The second-order valence-corrected chi connectivity index (χ2v) is 5.52. The third-order valence-corrected chi connectivity index (χ3v) is 3.42. The molecule has 25 heavy (non-hydrogen) atoms. The fraction of sp³-hybridized carbons (Fsp3) is 0.350. The number of nitrogens with one attached hydrogen (secondary N) is 1. The van der Waals surface area contributed by atoms with Crippen molar-refractivity contribution in [3.63, 3.8) is 0 Å². The summed E-state index contributed by atoms with van der Waals surface area (Å²) in [5.74, 6) is 2.30. The van der Waals surface area contributed by atoms with Gasteiger partial charge in [-0.2, -0.15) is 0 Å². The number of hydrogen-bond acceptors (Lipinski definition) is 4. The first-order chi connectivity index (χ1) is 12.2. The Morgan fingerprint density at radius 3 is 2.28 bits per heavy atom. The fourth-order valence-electron chi connectivity index (χ4n) is 2.21. The van der Waals surface area contributed by atoms with E-state index in [0.29, 0.717) is 32.8 Å².